The quantitative estimate of drug-likeness (QED) is 0.747. The predicted octanol–water partition coefficient (Wildman–Crippen LogP) is 3.64. The highest BCUT2D eigenvalue weighted by Crippen LogP contribution is 2.17. The lowest BCUT2D eigenvalue weighted by atomic mass is 10.1. The number of rotatable bonds is 4. The minimum Gasteiger partial charge on any atom is -0.370 e. The van der Waals surface area contributed by atoms with Gasteiger partial charge in [0.15, 0.2) is 0 Å². The first kappa shape index (κ1) is 13.8. The van der Waals surface area contributed by atoms with Gasteiger partial charge in [-0.25, -0.2) is 9.97 Å². The lowest BCUT2D eigenvalue weighted by molar-refractivity contribution is 0.984. The van der Waals surface area contributed by atoms with Gasteiger partial charge in [-0.15, -0.1) is 0 Å². The second-order valence-electron chi connectivity index (χ2n) is 4.79. The van der Waals surface area contributed by atoms with Crippen LogP contribution in [-0.4, -0.2) is 21.5 Å². The van der Waals surface area contributed by atoms with Crippen LogP contribution in [0.5, 0.6) is 0 Å². The Balaban J connectivity index is 1.72. The van der Waals surface area contributed by atoms with Crippen molar-refractivity contribution in [2.45, 2.75) is 13.3 Å². The Morgan fingerprint density at radius 1 is 1.14 bits per heavy atom. The second-order valence-corrected chi connectivity index (χ2v) is 5.18. The molecule has 3 rings (SSSR count). The maximum Gasteiger partial charge on any atom is 0.134 e. The molecule has 0 aliphatic carbocycles. The van der Waals surface area contributed by atoms with E-state index in [1.54, 1.807) is 6.07 Å². The third kappa shape index (κ3) is 3.28. The molecular weight excluding hydrogens is 284 g/mol. The summed E-state index contributed by atoms with van der Waals surface area (Å²) in [6.45, 7) is 2.59. The van der Waals surface area contributed by atoms with E-state index in [2.05, 4.69) is 44.5 Å². The van der Waals surface area contributed by atoms with E-state index in [-0.39, 0.29) is 0 Å². The van der Waals surface area contributed by atoms with Gasteiger partial charge in [0.05, 0.1) is 5.52 Å². The van der Waals surface area contributed by atoms with Gasteiger partial charge in [0, 0.05) is 24.2 Å². The third-order valence-corrected chi connectivity index (χ3v) is 3.42. The summed E-state index contributed by atoms with van der Waals surface area (Å²) in [6.07, 6.45) is 2.70. The van der Waals surface area contributed by atoms with Crippen molar-refractivity contribution in [2.24, 2.45) is 0 Å². The molecule has 0 spiro atoms. The number of fused-ring (bicyclic) bond motifs is 1. The van der Waals surface area contributed by atoms with Gasteiger partial charge in [-0.3, -0.25) is 4.98 Å². The van der Waals surface area contributed by atoms with Crippen LogP contribution in [0.4, 0.5) is 5.82 Å². The summed E-state index contributed by atoms with van der Waals surface area (Å²) in [6, 6.07) is 12.0. The van der Waals surface area contributed by atoms with Crippen LogP contribution < -0.4 is 5.32 Å². The lowest BCUT2D eigenvalue weighted by Crippen LogP contribution is -2.08. The zero-order valence-electron chi connectivity index (χ0n) is 11.7. The highest BCUT2D eigenvalue weighted by molar-refractivity contribution is 6.29. The number of hydrogen-bond donors (Lipinski definition) is 1. The van der Waals surface area contributed by atoms with E-state index in [0.717, 1.165) is 29.7 Å². The Labute approximate surface area is 128 Å². The van der Waals surface area contributed by atoms with E-state index in [1.807, 2.05) is 19.2 Å². The molecule has 2 heterocycles. The number of benzene rings is 1. The maximum absolute atomic E-state index is 5.92. The van der Waals surface area contributed by atoms with Crippen LogP contribution in [0.2, 0.25) is 5.15 Å². The third-order valence-electron chi connectivity index (χ3n) is 3.22. The van der Waals surface area contributed by atoms with Crippen LogP contribution >= 0.6 is 11.6 Å². The SMILES string of the molecule is Cc1nc(Cl)cc(NCCc2cccc3cccnc23)n1. The molecule has 1 aromatic carbocycles. The Hall–Kier alpha value is -2.20. The Kier molecular flexibility index (Phi) is 3.97. The molecule has 0 amide bonds. The molecule has 0 saturated heterocycles. The van der Waals surface area contributed by atoms with Gasteiger partial charge < -0.3 is 5.32 Å². The van der Waals surface area contributed by atoms with Crippen molar-refractivity contribution in [3.63, 3.8) is 0 Å². The standard InChI is InChI=1S/C16H15ClN4/c1-11-20-14(17)10-15(21-11)18-9-7-13-5-2-4-12-6-3-8-19-16(12)13/h2-6,8,10H,7,9H2,1H3,(H,18,20,21). The van der Waals surface area contributed by atoms with Crippen LogP contribution in [-0.2, 0) is 6.42 Å². The van der Waals surface area contributed by atoms with Crippen molar-refractivity contribution in [3.05, 3.63) is 59.1 Å². The molecule has 3 aromatic rings. The van der Waals surface area contributed by atoms with Crippen molar-refractivity contribution in [1.82, 2.24) is 15.0 Å². The van der Waals surface area contributed by atoms with E-state index >= 15 is 0 Å². The van der Waals surface area contributed by atoms with Gasteiger partial charge in [-0.1, -0.05) is 35.9 Å². The van der Waals surface area contributed by atoms with Crippen molar-refractivity contribution in [2.75, 3.05) is 11.9 Å². The zero-order chi connectivity index (χ0) is 14.7. The molecule has 106 valence electrons. The van der Waals surface area contributed by atoms with Gasteiger partial charge in [-0.2, -0.15) is 0 Å². The van der Waals surface area contributed by atoms with Gasteiger partial charge >= 0.3 is 0 Å². The number of aryl methyl sites for hydroxylation is 1. The molecule has 2 aromatic heterocycles. The first-order valence-corrected chi connectivity index (χ1v) is 7.18. The van der Waals surface area contributed by atoms with Crippen LogP contribution in [0.3, 0.4) is 0 Å². The summed E-state index contributed by atoms with van der Waals surface area (Å²) in [5.74, 6) is 1.41. The van der Waals surface area contributed by atoms with Crippen LogP contribution in [0.15, 0.2) is 42.6 Å². The second kappa shape index (κ2) is 6.06. The average molecular weight is 299 g/mol. The molecule has 1 N–H and O–H groups in total. The molecule has 0 atom stereocenters. The Morgan fingerprint density at radius 3 is 2.86 bits per heavy atom. The fourth-order valence-electron chi connectivity index (χ4n) is 2.32. The Morgan fingerprint density at radius 2 is 2.00 bits per heavy atom. The lowest BCUT2D eigenvalue weighted by Gasteiger charge is -2.08. The monoisotopic (exact) mass is 298 g/mol. The van der Waals surface area contributed by atoms with Gasteiger partial charge in [0.1, 0.15) is 16.8 Å². The number of para-hydroxylation sites is 1. The first-order valence-electron chi connectivity index (χ1n) is 6.80. The molecule has 0 unspecified atom stereocenters. The molecule has 0 radical (unpaired) electrons. The molecule has 0 bridgehead atoms. The number of pyridine rings is 1. The van der Waals surface area contributed by atoms with E-state index in [0.29, 0.717) is 11.0 Å². The number of nitrogens with one attached hydrogen (secondary N) is 1. The minimum atomic E-state index is 0.455. The zero-order valence-corrected chi connectivity index (χ0v) is 12.4. The van der Waals surface area contributed by atoms with Crippen molar-refractivity contribution >= 4 is 28.3 Å². The van der Waals surface area contributed by atoms with Crippen LogP contribution in [0.1, 0.15) is 11.4 Å². The van der Waals surface area contributed by atoms with E-state index < -0.39 is 0 Å². The van der Waals surface area contributed by atoms with Crippen molar-refractivity contribution in [1.29, 1.82) is 0 Å². The number of halogens is 1. The number of hydrogen-bond acceptors (Lipinski definition) is 4. The molecular formula is C16H15ClN4. The largest absolute Gasteiger partial charge is 0.370 e. The number of anilines is 1. The Bertz CT molecular complexity index is 748. The van der Waals surface area contributed by atoms with Crippen molar-refractivity contribution < 1.29 is 0 Å². The summed E-state index contributed by atoms with van der Waals surface area (Å²) in [5, 5.41) is 4.89. The summed E-state index contributed by atoms with van der Waals surface area (Å²) in [5.41, 5.74) is 2.27. The fraction of sp³-hybridized carbons (Fsp3) is 0.188. The summed E-state index contributed by atoms with van der Waals surface area (Å²) in [4.78, 5) is 12.8. The van der Waals surface area contributed by atoms with E-state index in [1.165, 1.54) is 5.56 Å². The summed E-state index contributed by atoms with van der Waals surface area (Å²) in [7, 11) is 0. The molecule has 0 aliphatic heterocycles. The van der Waals surface area contributed by atoms with Gasteiger partial charge in [0.25, 0.3) is 0 Å². The van der Waals surface area contributed by atoms with Crippen molar-refractivity contribution in [3.8, 4) is 0 Å². The van der Waals surface area contributed by atoms with Gasteiger partial charge in [-0.05, 0) is 25.0 Å². The molecule has 0 aliphatic rings. The summed E-state index contributed by atoms with van der Waals surface area (Å²) >= 11 is 5.92. The van der Waals surface area contributed by atoms with Crippen LogP contribution in [0.25, 0.3) is 10.9 Å². The smallest absolute Gasteiger partial charge is 0.134 e. The van der Waals surface area contributed by atoms with Gasteiger partial charge in [0.2, 0.25) is 0 Å². The normalized spacial score (nSPS) is 10.8. The molecule has 0 fully saturated rings. The minimum absolute atomic E-state index is 0.455. The molecule has 4 nitrogen and oxygen atoms in total. The average Bonchev–Trinajstić information content (AvgIpc) is 2.46. The first-order chi connectivity index (χ1) is 10.2. The molecule has 21 heavy (non-hydrogen) atoms. The highest BCUT2D eigenvalue weighted by atomic mass is 35.5. The molecule has 0 saturated carbocycles. The van der Waals surface area contributed by atoms with E-state index in [4.69, 9.17) is 11.6 Å². The van der Waals surface area contributed by atoms with E-state index in [9.17, 15) is 0 Å². The fourth-order valence-corrected chi connectivity index (χ4v) is 2.54. The van der Waals surface area contributed by atoms with Crippen LogP contribution in [0, 0.1) is 6.92 Å². The number of nitrogens with zero attached hydrogens (tertiary/aromatic N) is 3. The maximum atomic E-state index is 5.92. The molecule has 5 heteroatoms. The highest BCUT2D eigenvalue weighted by Gasteiger charge is 2.03. The topological polar surface area (TPSA) is 50.7 Å². The number of aromatic nitrogens is 3. The predicted molar refractivity (Wildman–Crippen MR) is 85.7 cm³/mol. The summed E-state index contributed by atoms with van der Waals surface area (Å²) < 4.78 is 0.